The molecular weight excluding hydrogens is 739 g/mol. The Morgan fingerprint density at radius 1 is 0.344 bits per heavy atom. The second-order valence-electron chi connectivity index (χ2n) is 16.9. The first-order valence-corrected chi connectivity index (χ1v) is 21.2. The Hall–Kier alpha value is -7.68. The number of benzene rings is 10. The van der Waals surface area contributed by atoms with Gasteiger partial charge in [0.1, 0.15) is 11.2 Å². The molecule has 0 saturated carbocycles. The molecule has 288 valence electrons. The van der Waals surface area contributed by atoms with E-state index in [4.69, 9.17) is 4.42 Å². The van der Waals surface area contributed by atoms with Crippen LogP contribution < -0.4 is 4.90 Å². The van der Waals surface area contributed by atoms with E-state index in [9.17, 15) is 0 Å². The largest absolute Gasteiger partial charge is 0.456 e. The average Bonchev–Trinajstić information content (AvgIpc) is 3.80. The van der Waals surface area contributed by atoms with Crippen LogP contribution in [-0.2, 0) is 5.41 Å². The first-order chi connectivity index (χ1) is 30.0. The minimum atomic E-state index is -0.151. The van der Waals surface area contributed by atoms with Crippen molar-refractivity contribution in [3.05, 3.63) is 223 Å². The van der Waals surface area contributed by atoms with Gasteiger partial charge in [0.25, 0.3) is 0 Å². The van der Waals surface area contributed by atoms with Crippen molar-refractivity contribution in [3.8, 4) is 44.5 Å². The summed E-state index contributed by atoms with van der Waals surface area (Å²) < 4.78 is 6.19. The molecule has 0 radical (unpaired) electrons. The molecule has 1 aromatic heterocycles. The Labute approximate surface area is 355 Å². The lowest BCUT2D eigenvalue weighted by Crippen LogP contribution is -2.17. The maximum absolute atomic E-state index is 6.19. The van der Waals surface area contributed by atoms with Crippen LogP contribution in [0.1, 0.15) is 25.0 Å². The van der Waals surface area contributed by atoms with Gasteiger partial charge in [0.15, 0.2) is 0 Å². The van der Waals surface area contributed by atoms with E-state index in [1.807, 2.05) is 12.1 Å². The number of hydrogen-bond donors (Lipinski definition) is 0. The molecule has 12 rings (SSSR count). The highest BCUT2D eigenvalue weighted by Gasteiger charge is 2.36. The second-order valence-corrected chi connectivity index (χ2v) is 16.9. The second kappa shape index (κ2) is 13.7. The van der Waals surface area contributed by atoms with Crippen LogP contribution >= 0.6 is 0 Å². The number of nitrogens with zero attached hydrogens (tertiary/aromatic N) is 1. The van der Waals surface area contributed by atoms with E-state index >= 15 is 0 Å². The molecule has 0 fully saturated rings. The Balaban J connectivity index is 1.08. The predicted octanol–water partition coefficient (Wildman–Crippen LogP) is 16.7. The van der Waals surface area contributed by atoms with Crippen molar-refractivity contribution >= 4 is 60.5 Å². The summed E-state index contributed by atoms with van der Waals surface area (Å²) in [6.07, 6.45) is 0. The molecular formula is C59H41NO. The van der Waals surface area contributed by atoms with Crippen molar-refractivity contribution < 1.29 is 4.42 Å². The molecule has 10 aromatic carbocycles. The van der Waals surface area contributed by atoms with Gasteiger partial charge in [-0.25, -0.2) is 0 Å². The summed E-state index contributed by atoms with van der Waals surface area (Å²) in [4.78, 5) is 2.48. The van der Waals surface area contributed by atoms with Crippen LogP contribution in [0.2, 0.25) is 0 Å². The lowest BCUT2D eigenvalue weighted by atomic mass is 9.82. The molecule has 0 aliphatic heterocycles. The SMILES string of the molecule is CC1(C)c2ccccc2-c2ccc(N(c3ccc(-c4ccc5oc6ccccc6c5c4)cc3)c3cc(-c4cc5ccccc5c5ccccc45)ccc3-c3ccccc3)cc21. The summed E-state index contributed by atoms with van der Waals surface area (Å²) in [5.74, 6) is 0. The first kappa shape index (κ1) is 35.3. The van der Waals surface area contributed by atoms with E-state index in [2.05, 4.69) is 219 Å². The van der Waals surface area contributed by atoms with Crippen molar-refractivity contribution in [2.75, 3.05) is 4.90 Å². The Morgan fingerprint density at radius 3 is 1.82 bits per heavy atom. The van der Waals surface area contributed by atoms with E-state index in [-0.39, 0.29) is 5.41 Å². The molecule has 1 heterocycles. The van der Waals surface area contributed by atoms with Crippen molar-refractivity contribution in [1.29, 1.82) is 0 Å². The maximum atomic E-state index is 6.19. The minimum Gasteiger partial charge on any atom is -0.456 e. The highest BCUT2D eigenvalue weighted by atomic mass is 16.3. The monoisotopic (exact) mass is 779 g/mol. The molecule has 1 aliphatic rings. The van der Waals surface area contributed by atoms with E-state index < -0.39 is 0 Å². The van der Waals surface area contributed by atoms with Gasteiger partial charge in [-0.3, -0.25) is 0 Å². The first-order valence-electron chi connectivity index (χ1n) is 21.2. The highest BCUT2D eigenvalue weighted by Crippen LogP contribution is 2.52. The highest BCUT2D eigenvalue weighted by molar-refractivity contribution is 6.14. The fourth-order valence-electron chi connectivity index (χ4n) is 10.0. The molecule has 61 heavy (non-hydrogen) atoms. The molecule has 0 amide bonds. The molecule has 0 unspecified atom stereocenters. The smallest absolute Gasteiger partial charge is 0.135 e. The summed E-state index contributed by atoms with van der Waals surface area (Å²) in [6.45, 7) is 4.73. The minimum absolute atomic E-state index is 0.151. The Bertz CT molecular complexity index is 3500. The van der Waals surface area contributed by atoms with Gasteiger partial charge in [-0.05, 0) is 126 Å². The predicted molar refractivity (Wildman–Crippen MR) is 257 cm³/mol. The van der Waals surface area contributed by atoms with Gasteiger partial charge >= 0.3 is 0 Å². The van der Waals surface area contributed by atoms with Gasteiger partial charge in [0.05, 0.1) is 5.69 Å². The molecule has 2 nitrogen and oxygen atoms in total. The lowest BCUT2D eigenvalue weighted by molar-refractivity contribution is 0.660. The zero-order valence-electron chi connectivity index (χ0n) is 34.1. The van der Waals surface area contributed by atoms with Crippen LogP contribution in [0.5, 0.6) is 0 Å². The van der Waals surface area contributed by atoms with Gasteiger partial charge in [-0.2, -0.15) is 0 Å². The third-order valence-corrected chi connectivity index (χ3v) is 13.1. The third-order valence-electron chi connectivity index (χ3n) is 13.1. The summed E-state index contributed by atoms with van der Waals surface area (Å²) in [6, 6.07) is 77.7. The van der Waals surface area contributed by atoms with Crippen LogP contribution in [0.25, 0.3) is 88.0 Å². The van der Waals surface area contributed by atoms with Crippen molar-refractivity contribution in [3.63, 3.8) is 0 Å². The molecule has 0 atom stereocenters. The van der Waals surface area contributed by atoms with Gasteiger partial charge in [0.2, 0.25) is 0 Å². The number of anilines is 3. The average molecular weight is 780 g/mol. The van der Waals surface area contributed by atoms with Crippen LogP contribution in [-0.4, -0.2) is 0 Å². The number of para-hydroxylation sites is 1. The number of fused-ring (bicyclic) bond motifs is 9. The quantitative estimate of drug-likeness (QED) is 0.156. The molecule has 2 heteroatoms. The molecule has 0 saturated heterocycles. The van der Waals surface area contributed by atoms with E-state index in [0.717, 1.165) is 50.1 Å². The third kappa shape index (κ3) is 5.64. The molecule has 0 spiro atoms. The molecule has 0 bridgehead atoms. The van der Waals surface area contributed by atoms with Crippen LogP contribution in [0.4, 0.5) is 17.1 Å². The van der Waals surface area contributed by atoms with Gasteiger partial charge in [-0.15, -0.1) is 0 Å². The zero-order chi connectivity index (χ0) is 40.7. The number of rotatable bonds is 6. The van der Waals surface area contributed by atoms with E-state index in [0.29, 0.717) is 0 Å². The Morgan fingerprint density at radius 2 is 0.967 bits per heavy atom. The molecule has 0 N–H and O–H groups in total. The van der Waals surface area contributed by atoms with Gasteiger partial charge < -0.3 is 9.32 Å². The van der Waals surface area contributed by atoms with Gasteiger partial charge in [0, 0.05) is 33.1 Å². The summed E-state index contributed by atoms with van der Waals surface area (Å²) in [5, 5.41) is 7.28. The fourth-order valence-corrected chi connectivity index (χ4v) is 10.0. The lowest BCUT2D eigenvalue weighted by Gasteiger charge is -2.30. The molecule has 1 aliphatic carbocycles. The van der Waals surface area contributed by atoms with E-state index in [1.54, 1.807) is 0 Å². The fraction of sp³-hybridized carbons (Fsp3) is 0.0508. The normalized spacial score (nSPS) is 12.9. The summed E-state index contributed by atoms with van der Waals surface area (Å²) in [5.41, 5.74) is 17.4. The van der Waals surface area contributed by atoms with Crippen LogP contribution in [0, 0.1) is 0 Å². The zero-order valence-corrected chi connectivity index (χ0v) is 34.1. The van der Waals surface area contributed by atoms with E-state index in [1.165, 1.54) is 66.1 Å². The standard InChI is InChI=1S/C59H41NO/c1-59(2)54-22-12-10-20-49(54)50-32-30-44(37-55(50)59)60(43-28-24-38(25-29-43)40-27-33-58-53(34-40)51-21-11-13-23-57(51)61-58)56-36-42(26-31-46(56)39-14-4-3-5-15-39)52-35-41-16-6-7-17-45(41)47-18-8-9-19-48(47)52/h3-37H,1-2H3. The van der Waals surface area contributed by atoms with Crippen LogP contribution in [0.15, 0.2) is 217 Å². The number of furan rings is 1. The summed E-state index contributed by atoms with van der Waals surface area (Å²) >= 11 is 0. The number of hydrogen-bond acceptors (Lipinski definition) is 2. The Kier molecular flexibility index (Phi) is 7.92. The topological polar surface area (TPSA) is 16.4 Å². The van der Waals surface area contributed by atoms with Crippen molar-refractivity contribution in [2.24, 2.45) is 0 Å². The van der Waals surface area contributed by atoms with Gasteiger partial charge in [-0.1, -0.05) is 172 Å². The summed E-state index contributed by atoms with van der Waals surface area (Å²) in [7, 11) is 0. The van der Waals surface area contributed by atoms with Crippen molar-refractivity contribution in [2.45, 2.75) is 19.3 Å². The molecule has 11 aromatic rings. The van der Waals surface area contributed by atoms with Crippen molar-refractivity contribution in [1.82, 2.24) is 0 Å². The maximum Gasteiger partial charge on any atom is 0.135 e. The van der Waals surface area contributed by atoms with Crippen LogP contribution in [0.3, 0.4) is 0 Å².